The fourth-order valence-corrected chi connectivity index (χ4v) is 10.8. The summed E-state index contributed by atoms with van der Waals surface area (Å²) in [6, 6.07) is 15.6. The molecule has 0 aliphatic carbocycles. The molecule has 16 nitrogen and oxygen atoms in total. The number of hydrogen-bond acceptors (Lipinski definition) is 14. The molecule has 3 fully saturated rings. The molecule has 1 atom stereocenters. The van der Waals surface area contributed by atoms with E-state index in [1.807, 2.05) is 13.8 Å². The lowest BCUT2D eigenvalue weighted by Gasteiger charge is -2.42. The van der Waals surface area contributed by atoms with Gasteiger partial charge >= 0.3 is 0 Å². The molecular formula is C48H58ClN9O7S. The number of amides is 4. The number of ether oxygens (including phenoxy) is 1. The molecule has 4 aromatic rings. The van der Waals surface area contributed by atoms with Crippen LogP contribution in [0.1, 0.15) is 104 Å². The number of halogens is 1. The van der Waals surface area contributed by atoms with Gasteiger partial charge in [-0.3, -0.25) is 29.4 Å². The molecule has 18 heteroatoms. The van der Waals surface area contributed by atoms with Gasteiger partial charge in [0, 0.05) is 31.2 Å². The van der Waals surface area contributed by atoms with Crippen molar-refractivity contribution in [2.45, 2.75) is 107 Å². The lowest BCUT2D eigenvalue weighted by Crippen LogP contribution is -2.54. The van der Waals surface area contributed by atoms with E-state index in [0.29, 0.717) is 29.9 Å². The zero-order chi connectivity index (χ0) is 46.9. The van der Waals surface area contributed by atoms with E-state index in [1.165, 1.54) is 11.8 Å². The summed E-state index contributed by atoms with van der Waals surface area (Å²) in [5, 5.41) is 11.8. The minimum Gasteiger partial charge on any atom is -0.489 e. The average molecular weight is 941 g/mol. The first-order valence-corrected chi connectivity index (χ1v) is 24.8. The van der Waals surface area contributed by atoms with Crippen molar-refractivity contribution in [3.05, 3.63) is 88.1 Å². The summed E-state index contributed by atoms with van der Waals surface area (Å²) < 4.78 is 32.6. The number of nitrogens with one attached hydrogen (secondary N) is 4. The number of sulfone groups is 1. The third-order valence-corrected chi connectivity index (χ3v) is 15.5. The van der Waals surface area contributed by atoms with Crippen molar-refractivity contribution in [1.29, 1.82) is 0 Å². The summed E-state index contributed by atoms with van der Waals surface area (Å²) >= 11 is 6.53. The highest BCUT2D eigenvalue weighted by atomic mass is 35.5. The largest absolute Gasteiger partial charge is 0.489 e. The van der Waals surface area contributed by atoms with E-state index in [-0.39, 0.29) is 51.8 Å². The SMILES string of the molecule is Cc1cc(Nc2ncc(Cl)c(Nc3ccccc3S(=O)(=O)C(C)C)n2)c(OC(C)C)cc1C1CCN(C2CCN(CCNc3ccc4c(c3)C(=O)N(C3CCC(=O)NC3=O)C4=O)CC2)CC1. The van der Waals surface area contributed by atoms with Gasteiger partial charge in [0.2, 0.25) is 17.8 Å². The van der Waals surface area contributed by atoms with Crippen LogP contribution < -0.4 is 26.0 Å². The van der Waals surface area contributed by atoms with Gasteiger partial charge in [0.25, 0.3) is 11.8 Å². The van der Waals surface area contributed by atoms with Crippen LogP contribution in [0.4, 0.5) is 28.8 Å². The maximum atomic E-state index is 13.3. The Labute approximate surface area is 391 Å². The molecule has 3 aromatic carbocycles. The average Bonchev–Trinajstić information content (AvgIpc) is 3.53. The fourth-order valence-electron chi connectivity index (χ4n) is 9.45. The number of hydrogen-bond donors (Lipinski definition) is 4. The minimum atomic E-state index is -3.58. The Hall–Kier alpha value is -5.62. The van der Waals surface area contributed by atoms with Crippen LogP contribution in [-0.4, -0.2) is 119 Å². The molecule has 4 aliphatic rings. The Balaban J connectivity index is 0.834. The second-order valence-corrected chi connectivity index (χ2v) is 21.0. The normalized spacial score (nSPS) is 19.1. The van der Waals surface area contributed by atoms with Gasteiger partial charge in [0.15, 0.2) is 15.7 Å². The second kappa shape index (κ2) is 19.7. The monoisotopic (exact) mass is 939 g/mol. The summed E-state index contributed by atoms with van der Waals surface area (Å²) in [6.07, 6.45) is 5.88. The van der Waals surface area contributed by atoms with Crippen LogP contribution in [0.15, 0.2) is 65.7 Å². The lowest BCUT2D eigenvalue weighted by atomic mass is 9.85. The van der Waals surface area contributed by atoms with Crippen LogP contribution in [0.3, 0.4) is 0 Å². The van der Waals surface area contributed by atoms with Crippen molar-refractivity contribution in [2.75, 3.05) is 55.2 Å². The van der Waals surface area contributed by atoms with Crippen LogP contribution in [-0.2, 0) is 19.4 Å². The molecule has 66 heavy (non-hydrogen) atoms. The number of benzene rings is 3. The third kappa shape index (κ3) is 10.0. The topological polar surface area (TPSA) is 195 Å². The number of aromatic nitrogens is 2. The highest BCUT2D eigenvalue weighted by molar-refractivity contribution is 7.92. The standard InChI is InChI=1S/C48H58ClN9O7S/c1-28(2)65-41-26-35(30(5)24-39(41)53-48-51-27-37(49)44(55-48)52-38-8-6-7-9-42(38)66(63,64)29(3)4)31-14-21-57(22-15-31)33-16-19-56(20-17-33)23-18-50-32-10-11-34-36(25-32)47(62)58(46(34)61)40-12-13-43(59)54-45(40)60/h6-11,24-29,31,33,40,50H,12-23H2,1-5H3,(H,54,59,60)(H2,51,52,53,55). The van der Waals surface area contributed by atoms with Gasteiger partial charge in [-0.2, -0.15) is 4.98 Å². The van der Waals surface area contributed by atoms with E-state index in [1.54, 1.807) is 56.3 Å². The zero-order valence-corrected chi connectivity index (χ0v) is 39.6. The van der Waals surface area contributed by atoms with Gasteiger partial charge in [0.05, 0.1) is 44.9 Å². The first kappa shape index (κ1) is 46.9. The molecule has 1 aromatic heterocycles. The number of piperidine rings is 3. The number of anilines is 5. The van der Waals surface area contributed by atoms with Crippen molar-refractivity contribution in [2.24, 2.45) is 0 Å². The van der Waals surface area contributed by atoms with Gasteiger partial charge in [-0.1, -0.05) is 23.7 Å². The number of nitrogens with zero attached hydrogens (tertiary/aromatic N) is 5. The van der Waals surface area contributed by atoms with E-state index < -0.39 is 44.8 Å². The first-order valence-electron chi connectivity index (χ1n) is 22.8. The zero-order valence-electron chi connectivity index (χ0n) is 38.0. The molecular weight excluding hydrogens is 882 g/mol. The predicted molar refractivity (Wildman–Crippen MR) is 254 cm³/mol. The minimum absolute atomic E-state index is 0.0797. The third-order valence-electron chi connectivity index (χ3n) is 13.0. The molecule has 4 N–H and O–H groups in total. The van der Waals surface area contributed by atoms with Crippen LogP contribution in [0.2, 0.25) is 5.02 Å². The Bertz CT molecular complexity index is 2630. The number of carbonyl (C=O) groups excluding carboxylic acids is 4. The number of para-hydroxylation sites is 1. The van der Waals surface area contributed by atoms with Crippen LogP contribution in [0, 0.1) is 6.92 Å². The Morgan fingerprint density at radius 3 is 2.30 bits per heavy atom. The maximum Gasteiger partial charge on any atom is 0.262 e. The number of carbonyl (C=O) groups is 4. The van der Waals surface area contributed by atoms with Crippen molar-refractivity contribution in [3.8, 4) is 5.75 Å². The van der Waals surface area contributed by atoms with Crippen molar-refractivity contribution in [1.82, 2.24) is 30.0 Å². The Morgan fingerprint density at radius 2 is 1.59 bits per heavy atom. The molecule has 1 unspecified atom stereocenters. The van der Waals surface area contributed by atoms with Gasteiger partial charge in [0.1, 0.15) is 16.8 Å². The van der Waals surface area contributed by atoms with Crippen LogP contribution in [0.5, 0.6) is 5.75 Å². The molecule has 0 saturated carbocycles. The summed E-state index contributed by atoms with van der Waals surface area (Å²) in [7, 11) is -3.58. The lowest BCUT2D eigenvalue weighted by molar-refractivity contribution is -0.136. The maximum absolute atomic E-state index is 13.3. The van der Waals surface area contributed by atoms with Crippen LogP contribution in [0.25, 0.3) is 0 Å². The predicted octanol–water partition coefficient (Wildman–Crippen LogP) is 7.05. The molecule has 0 radical (unpaired) electrons. The van der Waals surface area contributed by atoms with Crippen molar-refractivity contribution >= 4 is 73.9 Å². The van der Waals surface area contributed by atoms with Gasteiger partial charge < -0.3 is 30.5 Å². The first-order chi connectivity index (χ1) is 31.6. The number of imide groups is 2. The van der Waals surface area contributed by atoms with E-state index in [2.05, 4.69) is 60.1 Å². The van der Waals surface area contributed by atoms with E-state index in [9.17, 15) is 27.6 Å². The number of fused-ring (bicyclic) bond motifs is 1. The highest BCUT2D eigenvalue weighted by Crippen LogP contribution is 2.39. The van der Waals surface area contributed by atoms with E-state index >= 15 is 0 Å². The molecule has 5 heterocycles. The van der Waals surface area contributed by atoms with Gasteiger partial charge in [-0.25, -0.2) is 13.4 Å². The molecule has 3 saturated heterocycles. The number of aryl methyl sites for hydroxylation is 1. The fraction of sp³-hybridized carbons (Fsp3) is 0.458. The molecule has 0 spiro atoms. The molecule has 4 aliphatic heterocycles. The summed E-state index contributed by atoms with van der Waals surface area (Å²) in [5.74, 6) is -0.407. The molecule has 350 valence electrons. The van der Waals surface area contributed by atoms with Crippen LogP contribution >= 0.6 is 11.6 Å². The Kier molecular flexibility index (Phi) is 14.0. The summed E-state index contributed by atoms with van der Waals surface area (Å²) in [5.41, 5.74) is 4.78. The van der Waals surface area contributed by atoms with Gasteiger partial charge in [-0.05, 0) is 152 Å². The summed E-state index contributed by atoms with van der Waals surface area (Å²) in [6.45, 7) is 15.0. The second-order valence-electron chi connectivity index (χ2n) is 18.1. The summed E-state index contributed by atoms with van der Waals surface area (Å²) in [4.78, 5) is 65.7. The van der Waals surface area contributed by atoms with Crippen molar-refractivity contribution in [3.63, 3.8) is 0 Å². The quantitative estimate of drug-likeness (QED) is 0.0886. The number of rotatable bonds is 15. The van der Waals surface area contributed by atoms with Gasteiger partial charge in [-0.15, -0.1) is 0 Å². The van der Waals surface area contributed by atoms with E-state index in [4.69, 9.17) is 16.3 Å². The molecule has 0 bridgehead atoms. The number of likely N-dealkylation sites (tertiary alicyclic amines) is 2. The smallest absolute Gasteiger partial charge is 0.262 e. The van der Waals surface area contributed by atoms with E-state index in [0.717, 1.165) is 80.2 Å². The molecule has 8 rings (SSSR count). The molecule has 4 amide bonds. The van der Waals surface area contributed by atoms with Crippen molar-refractivity contribution < 1.29 is 32.3 Å². The Morgan fingerprint density at radius 1 is 0.864 bits per heavy atom. The highest BCUT2D eigenvalue weighted by Gasteiger charge is 2.44.